The molecule has 20 heavy (non-hydrogen) atoms. The first-order chi connectivity index (χ1) is 9.65. The highest BCUT2D eigenvalue weighted by atomic mass is 16.5. The molecule has 0 unspecified atom stereocenters. The minimum atomic E-state index is -0.943. The van der Waals surface area contributed by atoms with Crippen LogP contribution in [0, 0.1) is 0 Å². The standard InChI is InChI=1S/C14H16N2O4/c1-16-10-13(9-15-16)20-8-2-7-19-12-5-3-11(4-6-12)14(17)18/h3-6,9-10H,2,7-8H2,1H3,(H,17,18). The normalized spacial score (nSPS) is 10.2. The summed E-state index contributed by atoms with van der Waals surface area (Å²) in [6.07, 6.45) is 4.19. The Kier molecular flexibility index (Phi) is 4.60. The van der Waals surface area contributed by atoms with E-state index >= 15 is 0 Å². The van der Waals surface area contributed by atoms with Crippen LogP contribution in [0.25, 0.3) is 0 Å². The van der Waals surface area contributed by atoms with Crippen molar-refractivity contribution in [3.63, 3.8) is 0 Å². The molecule has 2 aromatic rings. The Morgan fingerprint density at radius 2 is 1.85 bits per heavy atom. The van der Waals surface area contributed by atoms with Gasteiger partial charge < -0.3 is 14.6 Å². The summed E-state index contributed by atoms with van der Waals surface area (Å²) in [4.78, 5) is 10.7. The fourth-order valence-corrected chi connectivity index (χ4v) is 1.61. The average molecular weight is 276 g/mol. The van der Waals surface area contributed by atoms with E-state index in [2.05, 4.69) is 5.10 Å². The summed E-state index contributed by atoms with van der Waals surface area (Å²) in [6, 6.07) is 6.32. The van der Waals surface area contributed by atoms with Gasteiger partial charge in [-0.2, -0.15) is 5.10 Å². The van der Waals surface area contributed by atoms with Crippen LogP contribution in [-0.4, -0.2) is 34.1 Å². The largest absolute Gasteiger partial charge is 0.493 e. The van der Waals surface area contributed by atoms with Crippen molar-refractivity contribution in [2.24, 2.45) is 7.05 Å². The Hall–Kier alpha value is -2.50. The number of carboxylic acids is 1. The van der Waals surface area contributed by atoms with Gasteiger partial charge in [0.2, 0.25) is 0 Å². The summed E-state index contributed by atoms with van der Waals surface area (Å²) in [5.74, 6) is 0.441. The van der Waals surface area contributed by atoms with E-state index in [1.807, 2.05) is 7.05 Å². The van der Waals surface area contributed by atoms with E-state index < -0.39 is 5.97 Å². The number of hydrogen-bond donors (Lipinski definition) is 1. The van der Waals surface area contributed by atoms with E-state index in [4.69, 9.17) is 14.6 Å². The first kappa shape index (κ1) is 13.9. The third-order valence-electron chi connectivity index (χ3n) is 2.61. The second kappa shape index (κ2) is 6.60. The van der Waals surface area contributed by atoms with Gasteiger partial charge in [0.1, 0.15) is 5.75 Å². The zero-order chi connectivity index (χ0) is 14.4. The molecule has 0 saturated heterocycles. The highest BCUT2D eigenvalue weighted by Gasteiger charge is 2.02. The van der Waals surface area contributed by atoms with Gasteiger partial charge in [0.25, 0.3) is 0 Å². The van der Waals surface area contributed by atoms with Gasteiger partial charge in [-0.25, -0.2) is 4.79 Å². The molecular formula is C14H16N2O4. The monoisotopic (exact) mass is 276 g/mol. The van der Waals surface area contributed by atoms with Crippen molar-refractivity contribution in [1.29, 1.82) is 0 Å². The molecule has 0 aliphatic carbocycles. The molecule has 1 N–H and O–H groups in total. The maximum Gasteiger partial charge on any atom is 0.335 e. The van der Waals surface area contributed by atoms with Gasteiger partial charge in [-0.05, 0) is 24.3 Å². The molecule has 0 radical (unpaired) electrons. The van der Waals surface area contributed by atoms with Crippen LogP contribution in [0.4, 0.5) is 0 Å². The van der Waals surface area contributed by atoms with Crippen LogP contribution in [-0.2, 0) is 7.05 Å². The molecule has 1 heterocycles. The van der Waals surface area contributed by atoms with Crippen molar-refractivity contribution in [2.75, 3.05) is 13.2 Å². The molecule has 0 saturated carbocycles. The molecule has 1 aromatic heterocycles. The number of aromatic carboxylic acids is 1. The number of aromatic nitrogens is 2. The average Bonchev–Trinajstić information content (AvgIpc) is 2.84. The van der Waals surface area contributed by atoms with Crippen LogP contribution >= 0.6 is 0 Å². The van der Waals surface area contributed by atoms with Gasteiger partial charge in [-0.15, -0.1) is 0 Å². The first-order valence-corrected chi connectivity index (χ1v) is 6.23. The first-order valence-electron chi connectivity index (χ1n) is 6.23. The lowest BCUT2D eigenvalue weighted by molar-refractivity contribution is 0.0697. The number of carbonyl (C=O) groups is 1. The number of carboxylic acid groups (broad SMARTS) is 1. The molecule has 0 fully saturated rings. The van der Waals surface area contributed by atoms with Gasteiger partial charge in [-0.1, -0.05) is 0 Å². The van der Waals surface area contributed by atoms with E-state index in [0.717, 1.165) is 12.2 Å². The highest BCUT2D eigenvalue weighted by molar-refractivity contribution is 5.87. The molecule has 0 bridgehead atoms. The van der Waals surface area contributed by atoms with Crippen LogP contribution in [0.2, 0.25) is 0 Å². The van der Waals surface area contributed by atoms with Crippen LogP contribution in [0.1, 0.15) is 16.8 Å². The predicted octanol–water partition coefficient (Wildman–Crippen LogP) is 1.97. The smallest absolute Gasteiger partial charge is 0.335 e. The Balaban J connectivity index is 1.66. The van der Waals surface area contributed by atoms with Gasteiger partial charge in [0.15, 0.2) is 5.75 Å². The third-order valence-corrected chi connectivity index (χ3v) is 2.61. The maximum absolute atomic E-state index is 10.7. The molecule has 6 heteroatoms. The number of rotatable bonds is 7. The van der Waals surface area contributed by atoms with Crippen LogP contribution in [0.15, 0.2) is 36.7 Å². The van der Waals surface area contributed by atoms with Gasteiger partial charge in [0.05, 0.1) is 31.2 Å². The molecule has 6 nitrogen and oxygen atoms in total. The van der Waals surface area contributed by atoms with E-state index in [9.17, 15) is 4.79 Å². The Bertz CT molecular complexity index is 563. The number of benzene rings is 1. The summed E-state index contributed by atoms with van der Waals surface area (Å²) in [5.41, 5.74) is 0.247. The van der Waals surface area contributed by atoms with Crippen molar-refractivity contribution in [2.45, 2.75) is 6.42 Å². The van der Waals surface area contributed by atoms with Crippen LogP contribution in [0.3, 0.4) is 0 Å². The van der Waals surface area contributed by atoms with Gasteiger partial charge in [-0.3, -0.25) is 4.68 Å². The lowest BCUT2D eigenvalue weighted by Gasteiger charge is -2.07. The summed E-state index contributed by atoms with van der Waals surface area (Å²) in [5, 5.41) is 12.8. The summed E-state index contributed by atoms with van der Waals surface area (Å²) < 4.78 is 12.6. The molecule has 0 aliphatic rings. The molecule has 0 aliphatic heterocycles. The number of ether oxygens (including phenoxy) is 2. The Morgan fingerprint density at radius 3 is 2.40 bits per heavy atom. The van der Waals surface area contributed by atoms with Crippen molar-refractivity contribution in [3.05, 3.63) is 42.2 Å². The minimum Gasteiger partial charge on any atom is -0.493 e. The Morgan fingerprint density at radius 1 is 1.20 bits per heavy atom. The topological polar surface area (TPSA) is 73.6 Å². The minimum absolute atomic E-state index is 0.247. The zero-order valence-corrected chi connectivity index (χ0v) is 11.2. The second-order valence-corrected chi connectivity index (χ2v) is 4.23. The van der Waals surface area contributed by atoms with Crippen molar-refractivity contribution < 1.29 is 19.4 Å². The van der Waals surface area contributed by atoms with E-state index in [1.165, 1.54) is 12.1 Å². The summed E-state index contributed by atoms with van der Waals surface area (Å²) in [7, 11) is 1.83. The molecular weight excluding hydrogens is 260 g/mol. The SMILES string of the molecule is Cn1cc(OCCCOc2ccc(C(=O)O)cc2)cn1. The van der Waals surface area contributed by atoms with Gasteiger partial charge >= 0.3 is 5.97 Å². The van der Waals surface area contributed by atoms with E-state index in [-0.39, 0.29) is 5.56 Å². The summed E-state index contributed by atoms with van der Waals surface area (Å²) in [6.45, 7) is 1.05. The molecule has 0 spiro atoms. The third kappa shape index (κ3) is 4.01. The highest BCUT2D eigenvalue weighted by Crippen LogP contribution is 2.12. The quantitative estimate of drug-likeness (QED) is 0.783. The molecule has 2 rings (SSSR count). The van der Waals surface area contributed by atoms with Crippen molar-refractivity contribution in [1.82, 2.24) is 9.78 Å². The fourth-order valence-electron chi connectivity index (χ4n) is 1.61. The Labute approximate surface area is 116 Å². The van der Waals surface area contributed by atoms with Crippen molar-refractivity contribution in [3.8, 4) is 11.5 Å². The maximum atomic E-state index is 10.7. The van der Waals surface area contributed by atoms with Crippen LogP contribution in [0.5, 0.6) is 11.5 Å². The molecule has 0 amide bonds. The zero-order valence-electron chi connectivity index (χ0n) is 11.2. The lowest BCUT2D eigenvalue weighted by atomic mass is 10.2. The lowest BCUT2D eigenvalue weighted by Crippen LogP contribution is -2.05. The number of aryl methyl sites for hydroxylation is 1. The number of nitrogens with zero attached hydrogens (tertiary/aromatic N) is 2. The van der Waals surface area contributed by atoms with E-state index in [0.29, 0.717) is 19.0 Å². The second-order valence-electron chi connectivity index (χ2n) is 4.23. The van der Waals surface area contributed by atoms with Crippen LogP contribution < -0.4 is 9.47 Å². The number of hydrogen-bond acceptors (Lipinski definition) is 4. The molecule has 1 aromatic carbocycles. The van der Waals surface area contributed by atoms with E-state index in [1.54, 1.807) is 29.2 Å². The fraction of sp³-hybridized carbons (Fsp3) is 0.286. The summed E-state index contributed by atoms with van der Waals surface area (Å²) >= 11 is 0. The van der Waals surface area contributed by atoms with Crippen molar-refractivity contribution >= 4 is 5.97 Å². The predicted molar refractivity (Wildman–Crippen MR) is 72.2 cm³/mol. The molecule has 0 atom stereocenters. The van der Waals surface area contributed by atoms with Gasteiger partial charge in [0, 0.05) is 13.5 Å². The molecule has 106 valence electrons.